The first kappa shape index (κ1) is 24.1. The third-order valence-corrected chi connectivity index (χ3v) is 4.79. The lowest BCUT2D eigenvalue weighted by Crippen LogP contribution is -2.23. The fourth-order valence-electron chi connectivity index (χ4n) is 3.07. The molecule has 1 N–H and O–H groups in total. The Morgan fingerprint density at radius 3 is 2.73 bits per heavy atom. The number of hydrogen-bond acceptors (Lipinski definition) is 7. The average Bonchev–Trinajstić information content (AvgIpc) is 2.77. The van der Waals surface area contributed by atoms with Crippen LogP contribution in [-0.2, 0) is 11.2 Å². The van der Waals surface area contributed by atoms with Crippen LogP contribution in [0.4, 0.5) is 14.5 Å². The van der Waals surface area contributed by atoms with Crippen molar-refractivity contribution < 1.29 is 37.4 Å². The molecule has 0 radical (unpaired) electrons. The number of carbonyl (C=O) groups is 1. The van der Waals surface area contributed by atoms with Crippen molar-refractivity contribution in [2.75, 3.05) is 26.9 Å². The van der Waals surface area contributed by atoms with Gasteiger partial charge in [-0.3, -0.25) is 14.9 Å². The number of nitrogens with zero attached hydrogens (tertiary/aromatic N) is 1. The molecule has 0 aliphatic carbocycles. The standard InChI is InChI=1S/C21H19ClF2N2O7/c1-30-16-10-13(15(26(28)29)11-17(16)33-21(23)24)2-3-19(27)25-5-4-12-8-14(22)20-18(9-12)31-6-7-32-20/h2-3,8-11,21H,4-7H2,1H3,(H,25,27)/b3-2+. The Morgan fingerprint density at radius 1 is 1.27 bits per heavy atom. The maximum atomic E-state index is 12.5. The van der Waals surface area contributed by atoms with Gasteiger partial charge in [-0.05, 0) is 36.3 Å². The van der Waals surface area contributed by atoms with E-state index in [2.05, 4.69) is 10.1 Å². The monoisotopic (exact) mass is 484 g/mol. The summed E-state index contributed by atoms with van der Waals surface area (Å²) in [5, 5.41) is 14.4. The smallest absolute Gasteiger partial charge is 0.387 e. The molecule has 33 heavy (non-hydrogen) atoms. The van der Waals surface area contributed by atoms with E-state index in [9.17, 15) is 23.7 Å². The second-order valence-corrected chi connectivity index (χ2v) is 7.08. The van der Waals surface area contributed by atoms with Crippen molar-refractivity contribution in [1.29, 1.82) is 0 Å². The minimum atomic E-state index is -3.19. The van der Waals surface area contributed by atoms with Gasteiger partial charge in [0.25, 0.3) is 5.69 Å². The molecule has 0 atom stereocenters. The summed E-state index contributed by atoms with van der Waals surface area (Å²) in [6, 6.07) is 5.45. The SMILES string of the molecule is COc1cc(/C=C/C(=O)NCCc2cc(Cl)c3c(c2)OCCO3)c([N+](=O)[O-])cc1OC(F)F. The van der Waals surface area contributed by atoms with Crippen LogP contribution in [0, 0.1) is 10.1 Å². The van der Waals surface area contributed by atoms with E-state index in [0.29, 0.717) is 36.2 Å². The number of nitro groups is 1. The molecule has 0 spiro atoms. The first-order valence-electron chi connectivity index (χ1n) is 9.63. The van der Waals surface area contributed by atoms with E-state index < -0.39 is 28.9 Å². The van der Waals surface area contributed by atoms with Crippen molar-refractivity contribution in [3.8, 4) is 23.0 Å². The molecule has 1 amide bonds. The van der Waals surface area contributed by atoms with Gasteiger partial charge in [0.15, 0.2) is 23.0 Å². The number of rotatable bonds is 9. The minimum Gasteiger partial charge on any atom is -0.493 e. The van der Waals surface area contributed by atoms with Gasteiger partial charge in [0.1, 0.15) is 13.2 Å². The molecule has 1 heterocycles. The summed E-state index contributed by atoms with van der Waals surface area (Å²) in [6.45, 7) is -2.10. The van der Waals surface area contributed by atoms with Gasteiger partial charge in [-0.15, -0.1) is 0 Å². The largest absolute Gasteiger partial charge is 0.493 e. The van der Waals surface area contributed by atoms with Gasteiger partial charge >= 0.3 is 6.61 Å². The highest BCUT2D eigenvalue weighted by molar-refractivity contribution is 6.32. The predicted molar refractivity (Wildman–Crippen MR) is 114 cm³/mol. The highest BCUT2D eigenvalue weighted by Gasteiger charge is 2.21. The molecule has 0 unspecified atom stereocenters. The van der Waals surface area contributed by atoms with Gasteiger partial charge in [0.05, 0.1) is 28.7 Å². The van der Waals surface area contributed by atoms with Crippen LogP contribution >= 0.6 is 11.6 Å². The number of nitro benzene ring substituents is 1. The van der Waals surface area contributed by atoms with Gasteiger partial charge in [-0.25, -0.2) is 0 Å². The molecule has 0 bridgehead atoms. The molecule has 9 nitrogen and oxygen atoms in total. The molecule has 0 fully saturated rings. The number of carbonyl (C=O) groups excluding carboxylic acids is 1. The van der Waals surface area contributed by atoms with Gasteiger partial charge in [0, 0.05) is 12.6 Å². The lowest BCUT2D eigenvalue weighted by Gasteiger charge is -2.20. The number of alkyl halides is 2. The average molecular weight is 485 g/mol. The van der Waals surface area contributed by atoms with E-state index >= 15 is 0 Å². The quantitative estimate of drug-likeness (QED) is 0.325. The van der Waals surface area contributed by atoms with Crippen LogP contribution in [-0.4, -0.2) is 44.3 Å². The first-order valence-corrected chi connectivity index (χ1v) is 10.0. The van der Waals surface area contributed by atoms with Crippen LogP contribution in [0.5, 0.6) is 23.0 Å². The summed E-state index contributed by atoms with van der Waals surface area (Å²) in [6.07, 6.45) is 2.72. The number of halogens is 3. The van der Waals surface area contributed by atoms with E-state index in [1.165, 1.54) is 13.2 Å². The number of hydrogen-bond donors (Lipinski definition) is 1. The first-order chi connectivity index (χ1) is 15.8. The van der Waals surface area contributed by atoms with Crippen molar-refractivity contribution in [3.63, 3.8) is 0 Å². The summed E-state index contributed by atoms with van der Waals surface area (Å²) in [4.78, 5) is 22.7. The van der Waals surface area contributed by atoms with Crippen molar-refractivity contribution in [2.24, 2.45) is 0 Å². The van der Waals surface area contributed by atoms with Crippen LogP contribution in [0.2, 0.25) is 5.02 Å². The fraction of sp³-hybridized carbons (Fsp3) is 0.286. The Kier molecular flexibility index (Phi) is 7.88. The Hall–Kier alpha value is -3.60. The Labute approximate surface area is 192 Å². The van der Waals surface area contributed by atoms with Crippen LogP contribution < -0.4 is 24.3 Å². The third kappa shape index (κ3) is 6.22. The topological polar surface area (TPSA) is 109 Å². The number of amides is 1. The predicted octanol–water partition coefficient (Wildman–Crippen LogP) is 4.00. The van der Waals surface area contributed by atoms with Crippen molar-refractivity contribution in [1.82, 2.24) is 5.32 Å². The molecular formula is C21H19ClF2N2O7. The molecule has 12 heteroatoms. The molecule has 1 aliphatic heterocycles. The Bertz CT molecular complexity index is 1080. The second kappa shape index (κ2) is 10.8. The molecule has 2 aromatic carbocycles. The normalized spacial score (nSPS) is 12.6. The summed E-state index contributed by atoms with van der Waals surface area (Å²) < 4.78 is 45.2. The zero-order valence-electron chi connectivity index (χ0n) is 17.3. The van der Waals surface area contributed by atoms with E-state index in [-0.39, 0.29) is 17.9 Å². The van der Waals surface area contributed by atoms with Crippen molar-refractivity contribution in [3.05, 3.63) is 56.6 Å². The van der Waals surface area contributed by atoms with Gasteiger partial charge in [-0.2, -0.15) is 8.78 Å². The van der Waals surface area contributed by atoms with Gasteiger partial charge in [0.2, 0.25) is 5.91 Å². The maximum absolute atomic E-state index is 12.5. The minimum absolute atomic E-state index is 0.0211. The number of ether oxygens (including phenoxy) is 4. The third-order valence-electron chi connectivity index (χ3n) is 4.51. The van der Waals surface area contributed by atoms with Crippen LogP contribution in [0.15, 0.2) is 30.3 Å². The van der Waals surface area contributed by atoms with E-state index in [1.54, 1.807) is 12.1 Å². The van der Waals surface area contributed by atoms with E-state index in [0.717, 1.165) is 23.8 Å². The highest BCUT2D eigenvalue weighted by atomic mass is 35.5. The molecule has 0 aromatic heterocycles. The molecule has 2 aromatic rings. The second-order valence-electron chi connectivity index (χ2n) is 6.67. The maximum Gasteiger partial charge on any atom is 0.387 e. The van der Waals surface area contributed by atoms with Gasteiger partial charge < -0.3 is 24.3 Å². The Balaban J connectivity index is 1.65. The Morgan fingerprint density at radius 2 is 2.03 bits per heavy atom. The molecule has 3 rings (SSSR count). The zero-order chi connectivity index (χ0) is 24.0. The van der Waals surface area contributed by atoms with E-state index in [1.807, 2.05) is 0 Å². The lowest BCUT2D eigenvalue weighted by atomic mass is 10.1. The number of methoxy groups -OCH3 is 1. The molecule has 176 valence electrons. The molecular weight excluding hydrogens is 466 g/mol. The number of benzene rings is 2. The summed E-state index contributed by atoms with van der Waals surface area (Å²) >= 11 is 6.19. The summed E-state index contributed by atoms with van der Waals surface area (Å²) in [5.41, 5.74) is 0.275. The van der Waals surface area contributed by atoms with E-state index in [4.69, 9.17) is 25.8 Å². The van der Waals surface area contributed by atoms with Crippen LogP contribution in [0.3, 0.4) is 0 Å². The lowest BCUT2D eigenvalue weighted by molar-refractivity contribution is -0.385. The highest BCUT2D eigenvalue weighted by Crippen LogP contribution is 2.38. The van der Waals surface area contributed by atoms with Gasteiger partial charge in [-0.1, -0.05) is 11.6 Å². The number of fused-ring (bicyclic) bond motifs is 1. The van der Waals surface area contributed by atoms with Crippen LogP contribution in [0.25, 0.3) is 6.08 Å². The summed E-state index contributed by atoms with van der Waals surface area (Å²) in [5.74, 6) is -0.119. The van der Waals surface area contributed by atoms with Crippen molar-refractivity contribution >= 4 is 29.3 Å². The molecule has 0 saturated heterocycles. The zero-order valence-corrected chi connectivity index (χ0v) is 18.1. The molecule has 1 aliphatic rings. The number of nitrogens with one attached hydrogen (secondary N) is 1. The molecule has 0 saturated carbocycles. The summed E-state index contributed by atoms with van der Waals surface area (Å²) in [7, 11) is 1.20. The van der Waals surface area contributed by atoms with Crippen LogP contribution in [0.1, 0.15) is 11.1 Å². The van der Waals surface area contributed by atoms with Crippen molar-refractivity contribution in [2.45, 2.75) is 13.0 Å². The fourth-order valence-corrected chi connectivity index (χ4v) is 3.35.